The van der Waals surface area contributed by atoms with Crippen molar-refractivity contribution < 1.29 is 9.72 Å². The van der Waals surface area contributed by atoms with Gasteiger partial charge < -0.3 is 10.1 Å². The van der Waals surface area contributed by atoms with E-state index in [1.165, 1.54) is 23.7 Å². The number of hydrogen-bond acceptors (Lipinski definition) is 5. The number of carbonyl (C=O) groups excluding carboxylic acids is 1. The molecule has 0 fully saturated rings. The lowest BCUT2D eigenvalue weighted by Gasteiger charge is -2.04. The van der Waals surface area contributed by atoms with Gasteiger partial charge in [0.25, 0.3) is 5.91 Å². The molecule has 0 aliphatic heterocycles. The second-order valence-corrected chi connectivity index (χ2v) is 4.39. The summed E-state index contributed by atoms with van der Waals surface area (Å²) >= 11 is 5.76. The Morgan fingerprint density at radius 2 is 2.15 bits per heavy atom. The van der Waals surface area contributed by atoms with Crippen LogP contribution in [0.5, 0.6) is 0 Å². The van der Waals surface area contributed by atoms with E-state index in [0.29, 0.717) is 5.69 Å². The van der Waals surface area contributed by atoms with Crippen molar-refractivity contribution in [2.45, 2.75) is 6.92 Å². The van der Waals surface area contributed by atoms with Crippen LogP contribution >= 0.6 is 11.6 Å². The van der Waals surface area contributed by atoms with Crippen molar-refractivity contribution >= 4 is 29.3 Å². The molecule has 2 heterocycles. The summed E-state index contributed by atoms with van der Waals surface area (Å²) in [5.74, 6) is -0.690. The zero-order valence-electron chi connectivity index (χ0n) is 10.6. The molecule has 0 bridgehead atoms. The highest BCUT2D eigenvalue weighted by molar-refractivity contribution is 6.29. The molecule has 0 atom stereocenters. The van der Waals surface area contributed by atoms with Crippen molar-refractivity contribution in [3.8, 4) is 0 Å². The predicted octanol–water partition coefficient (Wildman–Crippen LogP) is 1.94. The van der Waals surface area contributed by atoms with Gasteiger partial charge in [-0.3, -0.25) is 10.1 Å². The minimum atomic E-state index is -0.573. The fourth-order valence-corrected chi connectivity index (χ4v) is 1.90. The molecule has 0 spiro atoms. The lowest BCUT2D eigenvalue weighted by atomic mass is 10.4. The number of aryl methyl sites for hydroxylation is 1. The van der Waals surface area contributed by atoms with E-state index in [4.69, 9.17) is 11.6 Å². The summed E-state index contributed by atoms with van der Waals surface area (Å²) < 4.78 is 1.17. The summed E-state index contributed by atoms with van der Waals surface area (Å²) in [7, 11) is 1.43. The van der Waals surface area contributed by atoms with E-state index in [1.807, 2.05) is 0 Å². The average Bonchev–Trinajstić information content (AvgIpc) is 2.69. The Labute approximate surface area is 118 Å². The zero-order chi connectivity index (χ0) is 14.9. The number of rotatable bonds is 3. The molecule has 0 unspecified atom stereocenters. The van der Waals surface area contributed by atoms with Gasteiger partial charge >= 0.3 is 5.82 Å². The average molecular weight is 296 g/mol. The molecule has 1 N–H and O–H groups in total. The monoisotopic (exact) mass is 295 g/mol. The molecule has 2 aromatic rings. The molecule has 104 valence electrons. The van der Waals surface area contributed by atoms with Gasteiger partial charge in [-0.1, -0.05) is 11.6 Å². The summed E-state index contributed by atoms with van der Waals surface area (Å²) in [4.78, 5) is 30.0. The van der Waals surface area contributed by atoms with Crippen LogP contribution in [0.1, 0.15) is 16.2 Å². The summed E-state index contributed by atoms with van der Waals surface area (Å²) in [6.07, 6.45) is 0. The van der Waals surface area contributed by atoms with Gasteiger partial charge in [0.05, 0.1) is 7.05 Å². The molecule has 0 aliphatic carbocycles. The van der Waals surface area contributed by atoms with Crippen molar-refractivity contribution in [2.75, 3.05) is 5.32 Å². The van der Waals surface area contributed by atoms with Crippen LogP contribution in [-0.2, 0) is 7.05 Å². The topological polar surface area (TPSA) is 103 Å². The molecule has 8 nitrogen and oxygen atoms in total. The van der Waals surface area contributed by atoms with Crippen LogP contribution in [-0.4, -0.2) is 25.4 Å². The second-order valence-electron chi connectivity index (χ2n) is 4.00. The largest absolute Gasteiger partial charge is 0.358 e. The molecule has 0 saturated carbocycles. The number of nitro groups is 1. The molecule has 0 aliphatic rings. The van der Waals surface area contributed by atoms with Gasteiger partial charge in [0.15, 0.2) is 5.69 Å². The van der Waals surface area contributed by atoms with Crippen molar-refractivity contribution in [1.82, 2.24) is 14.5 Å². The highest BCUT2D eigenvalue weighted by Crippen LogP contribution is 2.16. The summed E-state index contributed by atoms with van der Waals surface area (Å²) in [6.45, 7) is 1.70. The lowest BCUT2D eigenvalue weighted by molar-refractivity contribution is -0.391. The van der Waals surface area contributed by atoms with Crippen LogP contribution in [0.3, 0.4) is 0 Å². The van der Waals surface area contributed by atoms with Gasteiger partial charge in [-0.05, 0) is 24.0 Å². The van der Waals surface area contributed by atoms with Gasteiger partial charge in [0.1, 0.15) is 5.15 Å². The third kappa shape index (κ3) is 2.75. The SMILES string of the molecule is Cc1cc(Cl)nc(NC(=O)c2ccc([N+](=O)[O-])n2C)n1. The van der Waals surface area contributed by atoms with Gasteiger partial charge in [0.2, 0.25) is 5.95 Å². The quantitative estimate of drug-likeness (QED) is 0.529. The number of aromatic nitrogens is 3. The minimum Gasteiger partial charge on any atom is -0.358 e. The number of halogens is 1. The van der Waals surface area contributed by atoms with E-state index in [9.17, 15) is 14.9 Å². The highest BCUT2D eigenvalue weighted by atomic mass is 35.5. The fraction of sp³-hybridized carbons (Fsp3) is 0.182. The van der Waals surface area contributed by atoms with Gasteiger partial charge in [0, 0.05) is 11.8 Å². The van der Waals surface area contributed by atoms with E-state index in [0.717, 1.165) is 0 Å². The number of nitrogens with one attached hydrogen (secondary N) is 1. The molecular weight excluding hydrogens is 286 g/mol. The summed E-state index contributed by atoms with van der Waals surface area (Å²) in [5, 5.41) is 13.4. The number of anilines is 1. The van der Waals surface area contributed by atoms with Crippen molar-refractivity contribution in [1.29, 1.82) is 0 Å². The maximum atomic E-state index is 12.0. The molecule has 0 saturated heterocycles. The zero-order valence-corrected chi connectivity index (χ0v) is 11.4. The van der Waals surface area contributed by atoms with Gasteiger partial charge in [-0.15, -0.1) is 0 Å². The molecule has 2 rings (SSSR count). The highest BCUT2D eigenvalue weighted by Gasteiger charge is 2.21. The van der Waals surface area contributed by atoms with E-state index >= 15 is 0 Å². The number of carbonyl (C=O) groups is 1. The Morgan fingerprint density at radius 3 is 2.70 bits per heavy atom. The first-order valence-electron chi connectivity index (χ1n) is 5.51. The van der Waals surface area contributed by atoms with Crippen LogP contribution in [0, 0.1) is 17.0 Å². The van der Waals surface area contributed by atoms with Gasteiger partial charge in [-0.25, -0.2) is 14.5 Å². The Kier molecular flexibility index (Phi) is 3.66. The van der Waals surface area contributed by atoms with E-state index in [1.54, 1.807) is 13.0 Å². The normalized spacial score (nSPS) is 10.3. The molecular formula is C11H10ClN5O3. The number of hydrogen-bond donors (Lipinski definition) is 1. The number of amides is 1. The summed E-state index contributed by atoms with van der Waals surface area (Å²) in [6, 6.07) is 4.15. The Morgan fingerprint density at radius 1 is 1.45 bits per heavy atom. The summed E-state index contributed by atoms with van der Waals surface area (Å²) in [5.41, 5.74) is 0.719. The molecule has 1 amide bonds. The number of nitrogens with zero attached hydrogens (tertiary/aromatic N) is 4. The van der Waals surface area contributed by atoms with Crippen molar-refractivity contribution in [2.24, 2.45) is 7.05 Å². The Bertz CT molecular complexity index is 677. The Hall–Kier alpha value is -2.48. The van der Waals surface area contributed by atoms with E-state index < -0.39 is 10.8 Å². The third-order valence-electron chi connectivity index (χ3n) is 2.56. The van der Waals surface area contributed by atoms with Crippen molar-refractivity contribution in [3.05, 3.63) is 44.9 Å². The molecule has 0 radical (unpaired) electrons. The molecule has 20 heavy (non-hydrogen) atoms. The Balaban J connectivity index is 2.26. The first-order valence-corrected chi connectivity index (χ1v) is 5.89. The van der Waals surface area contributed by atoms with Crippen molar-refractivity contribution in [3.63, 3.8) is 0 Å². The molecule has 2 aromatic heterocycles. The van der Waals surface area contributed by atoms with Gasteiger partial charge in [-0.2, -0.15) is 0 Å². The van der Waals surface area contributed by atoms with Crippen LogP contribution < -0.4 is 5.32 Å². The standard InChI is InChI=1S/C11H10ClN5O3/c1-6-5-8(12)14-11(13-6)15-10(18)7-3-4-9(16(7)2)17(19)20/h3-5H,1-2H3,(H,13,14,15,18). The maximum absolute atomic E-state index is 12.0. The van der Waals surface area contributed by atoms with E-state index in [-0.39, 0.29) is 22.6 Å². The minimum absolute atomic E-state index is 0.0452. The first-order chi connectivity index (χ1) is 9.38. The second kappa shape index (κ2) is 5.25. The first kappa shape index (κ1) is 13.9. The fourth-order valence-electron chi connectivity index (χ4n) is 1.66. The smallest absolute Gasteiger partial charge is 0.323 e. The third-order valence-corrected chi connectivity index (χ3v) is 2.76. The molecule has 9 heteroatoms. The van der Waals surface area contributed by atoms with Crippen LogP contribution in [0.4, 0.5) is 11.8 Å². The van der Waals surface area contributed by atoms with Crippen LogP contribution in [0.15, 0.2) is 18.2 Å². The molecule has 0 aromatic carbocycles. The lowest BCUT2D eigenvalue weighted by Crippen LogP contribution is -2.18. The van der Waals surface area contributed by atoms with E-state index in [2.05, 4.69) is 15.3 Å². The van der Waals surface area contributed by atoms with Crippen LogP contribution in [0.25, 0.3) is 0 Å². The maximum Gasteiger partial charge on any atom is 0.323 e. The predicted molar refractivity (Wildman–Crippen MR) is 71.8 cm³/mol. The van der Waals surface area contributed by atoms with Crippen LogP contribution in [0.2, 0.25) is 5.15 Å².